The summed E-state index contributed by atoms with van der Waals surface area (Å²) in [6, 6.07) is 0. The summed E-state index contributed by atoms with van der Waals surface area (Å²) in [7, 11) is -4.50. The van der Waals surface area contributed by atoms with Gasteiger partial charge in [0.1, 0.15) is 0 Å². The van der Waals surface area contributed by atoms with Crippen molar-refractivity contribution in [2.45, 2.75) is 46.5 Å². The summed E-state index contributed by atoms with van der Waals surface area (Å²) in [4.78, 5) is 16.0. The van der Waals surface area contributed by atoms with E-state index in [2.05, 4.69) is 25.3 Å². The summed E-state index contributed by atoms with van der Waals surface area (Å²) in [5, 5.41) is 0. The number of nitrogens with one attached hydrogen (secondary N) is 1. The Morgan fingerprint density at radius 1 is 1.24 bits per heavy atom. The molecule has 0 aliphatic heterocycles. The number of carbonyl (C=O) groups is 1. The van der Waals surface area contributed by atoms with E-state index in [1.165, 1.54) is 17.7 Å². The molecule has 0 spiro atoms. The van der Waals surface area contributed by atoms with Crippen LogP contribution in [-0.4, -0.2) is 18.9 Å². The number of unbranched alkanes of at least 4 members (excludes halogenated alkanes) is 1. The second kappa shape index (κ2) is 10.2. The van der Waals surface area contributed by atoms with Crippen LogP contribution in [0.2, 0.25) is 0 Å². The molecular formula is C10H21NO5S. The Labute approximate surface area is 103 Å². The van der Waals surface area contributed by atoms with Crippen LogP contribution in [0.5, 0.6) is 0 Å². The monoisotopic (exact) mass is 267 g/mol. The highest BCUT2D eigenvalue weighted by Gasteiger charge is 2.11. The van der Waals surface area contributed by atoms with Gasteiger partial charge in [-0.25, -0.2) is 4.79 Å². The minimum Gasteiger partial charge on any atom is -0.350 e. The average Bonchev–Trinajstić information content (AvgIpc) is 2.25. The van der Waals surface area contributed by atoms with E-state index >= 15 is 0 Å². The predicted octanol–water partition coefficient (Wildman–Crippen LogP) is 2.00. The van der Waals surface area contributed by atoms with E-state index in [9.17, 15) is 13.2 Å². The fraction of sp³-hybridized carbons (Fsp3) is 0.700. The van der Waals surface area contributed by atoms with Crippen LogP contribution >= 0.6 is 0 Å². The lowest BCUT2D eigenvalue weighted by atomic mass is 10.2. The second-order valence-electron chi connectivity index (χ2n) is 3.30. The maximum atomic E-state index is 10.8. The van der Waals surface area contributed by atoms with Crippen molar-refractivity contribution in [3.63, 3.8) is 0 Å². The molecule has 0 aromatic rings. The van der Waals surface area contributed by atoms with Crippen LogP contribution in [-0.2, 0) is 19.9 Å². The molecule has 0 aliphatic carbocycles. The maximum absolute atomic E-state index is 10.8. The minimum absolute atomic E-state index is 0.138. The Hall–Kier alpha value is -0.920. The molecule has 0 aliphatic rings. The molecule has 102 valence electrons. The van der Waals surface area contributed by atoms with Crippen LogP contribution in [0.3, 0.4) is 0 Å². The van der Waals surface area contributed by atoms with Crippen molar-refractivity contribution in [1.29, 1.82) is 0 Å². The summed E-state index contributed by atoms with van der Waals surface area (Å²) in [5.74, 6) is -0.903. The molecule has 0 rings (SSSR count). The van der Waals surface area contributed by atoms with Crippen LogP contribution < -0.4 is 4.89 Å². The molecule has 17 heavy (non-hydrogen) atoms. The van der Waals surface area contributed by atoms with Gasteiger partial charge in [0, 0.05) is 5.57 Å². The lowest BCUT2D eigenvalue weighted by molar-refractivity contribution is -0.142. The van der Waals surface area contributed by atoms with Crippen molar-refractivity contribution < 1.29 is 22.6 Å². The molecule has 0 fully saturated rings. The molecule has 0 radical (unpaired) electrons. The van der Waals surface area contributed by atoms with Crippen molar-refractivity contribution in [2.24, 2.45) is 0 Å². The van der Waals surface area contributed by atoms with Gasteiger partial charge in [0.15, 0.2) is 0 Å². The van der Waals surface area contributed by atoms with Gasteiger partial charge in [0.05, 0.1) is 0 Å². The third kappa shape index (κ3) is 15.1. The largest absolute Gasteiger partial charge is 0.365 e. The molecule has 0 bridgehead atoms. The number of hydrogen-bond donors (Lipinski definition) is 2. The fourth-order valence-electron chi connectivity index (χ4n) is 0.567. The van der Waals surface area contributed by atoms with Crippen molar-refractivity contribution in [3.8, 4) is 0 Å². The molecule has 0 saturated carbocycles. The van der Waals surface area contributed by atoms with E-state index in [4.69, 9.17) is 4.55 Å². The topological polar surface area (TPSA) is 92.7 Å². The second-order valence-corrected chi connectivity index (χ2v) is 4.42. The fourth-order valence-corrected chi connectivity index (χ4v) is 0.748. The zero-order chi connectivity index (χ0) is 13.9. The quantitative estimate of drug-likeness (QED) is 0.436. The zero-order valence-corrected chi connectivity index (χ0v) is 11.3. The molecule has 7 heteroatoms. The molecule has 0 heterocycles. The first kappa shape index (κ1) is 18.4. The first-order chi connectivity index (χ1) is 7.78. The van der Waals surface area contributed by atoms with Gasteiger partial charge in [0.2, 0.25) is 0 Å². The number of rotatable bonds is 6. The lowest BCUT2D eigenvalue weighted by Gasteiger charge is -2.03. The van der Waals surface area contributed by atoms with E-state index < -0.39 is 16.3 Å². The van der Waals surface area contributed by atoms with E-state index in [0.717, 1.165) is 0 Å². The maximum Gasteiger partial charge on any atom is 0.365 e. The van der Waals surface area contributed by atoms with Crippen LogP contribution in [0.1, 0.15) is 46.5 Å². The minimum atomic E-state index is -4.50. The predicted molar refractivity (Wildman–Crippen MR) is 65.4 cm³/mol. The van der Waals surface area contributed by atoms with Crippen LogP contribution in [0.4, 0.5) is 0 Å². The van der Waals surface area contributed by atoms with Crippen molar-refractivity contribution in [1.82, 2.24) is 4.89 Å². The SMILES string of the molecule is C=C(CCC)C(=O)ONS(=O)(=O)O.CCCC. The Morgan fingerprint density at radius 2 is 1.71 bits per heavy atom. The summed E-state index contributed by atoms with van der Waals surface area (Å²) in [5.41, 5.74) is 0.138. The van der Waals surface area contributed by atoms with Crippen LogP contribution in [0.15, 0.2) is 12.2 Å². The highest BCUT2D eigenvalue weighted by Crippen LogP contribution is 2.02. The number of carbonyl (C=O) groups excluding carboxylic acids is 1. The van der Waals surface area contributed by atoms with Crippen molar-refractivity contribution >= 4 is 16.3 Å². The summed E-state index contributed by atoms with van der Waals surface area (Å²) < 4.78 is 28.2. The molecule has 2 N–H and O–H groups in total. The van der Waals surface area contributed by atoms with Gasteiger partial charge >= 0.3 is 16.3 Å². The van der Waals surface area contributed by atoms with Gasteiger partial charge < -0.3 is 4.84 Å². The molecule has 0 atom stereocenters. The standard InChI is InChI=1S/C6H11NO5S.C4H10/c1-3-4-5(2)6(8)12-7-13(9,10)11;1-3-4-2/h7H,2-4H2,1H3,(H,9,10,11);3-4H2,1-2H3. The Balaban J connectivity index is 0. The zero-order valence-electron chi connectivity index (χ0n) is 10.5. The molecular weight excluding hydrogens is 246 g/mol. The Morgan fingerprint density at radius 3 is 2.00 bits per heavy atom. The summed E-state index contributed by atoms with van der Waals surface area (Å²) in [6.45, 7) is 9.54. The van der Waals surface area contributed by atoms with Crippen LogP contribution in [0.25, 0.3) is 0 Å². The molecule has 0 aromatic carbocycles. The molecule has 0 unspecified atom stereocenters. The van der Waals surface area contributed by atoms with Gasteiger partial charge in [-0.1, -0.05) is 46.6 Å². The van der Waals surface area contributed by atoms with Crippen molar-refractivity contribution in [2.75, 3.05) is 0 Å². The lowest BCUT2D eigenvalue weighted by Crippen LogP contribution is -2.26. The molecule has 0 amide bonds. The van der Waals surface area contributed by atoms with Gasteiger partial charge in [-0.3, -0.25) is 4.55 Å². The molecule has 0 saturated heterocycles. The summed E-state index contributed by atoms with van der Waals surface area (Å²) in [6.07, 6.45) is 3.74. The number of hydrogen-bond acceptors (Lipinski definition) is 4. The van der Waals surface area contributed by atoms with Gasteiger partial charge in [-0.15, -0.1) is 0 Å². The Kier molecular flexibility index (Phi) is 11.1. The van der Waals surface area contributed by atoms with E-state index in [-0.39, 0.29) is 5.57 Å². The third-order valence-corrected chi connectivity index (χ3v) is 1.87. The van der Waals surface area contributed by atoms with Gasteiger partial charge in [-0.2, -0.15) is 8.42 Å². The van der Waals surface area contributed by atoms with Crippen molar-refractivity contribution in [3.05, 3.63) is 12.2 Å². The average molecular weight is 267 g/mol. The highest BCUT2D eigenvalue weighted by atomic mass is 32.2. The molecule has 0 aromatic heterocycles. The van der Waals surface area contributed by atoms with Gasteiger partial charge in [0.25, 0.3) is 0 Å². The van der Waals surface area contributed by atoms with Crippen LogP contribution in [0, 0.1) is 0 Å². The highest BCUT2D eigenvalue weighted by molar-refractivity contribution is 7.83. The molecule has 6 nitrogen and oxygen atoms in total. The Bertz CT molecular complexity index is 322. The smallest absolute Gasteiger partial charge is 0.350 e. The van der Waals surface area contributed by atoms with E-state index in [1.807, 2.05) is 6.92 Å². The first-order valence-corrected chi connectivity index (χ1v) is 6.85. The normalized spacial score (nSPS) is 10.1. The third-order valence-electron chi connectivity index (χ3n) is 1.58. The van der Waals surface area contributed by atoms with E-state index in [0.29, 0.717) is 12.8 Å². The van der Waals surface area contributed by atoms with Gasteiger partial charge in [-0.05, 0) is 11.3 Å². The van der Waals surface area contributed by atoms with E-state index in [1.54, 1.807) is 0 Å². The first-order valence-electron chi connectivity index (χ1n) is 5.41. The summed E-state index contributed by atoms with van der Waals surface area (Å²) >= 11 is 0.